The third-order valence-electron chi connectivity index (χ3n) is 13.0. The number of hydrogen-bond acceptors (Lipinski definition) is 11. The fourth-order valence-electron chi connectivity index (χ4n) is 8.64. The smallest absolute Gasteiger partial charge is 0.259 e. The first-order valence-electron chi connectivity index (χ1n) is 21.5. The molecule has 0 bridgehead atoms. The molecule has 62 heavy (non-hydrogen) atoms. The van der Waals surface area contributed by atoms with Crippen LogP contribution in [0, 0.1) is 18.8 Å². The van der Waals surface area contributed by atoms with Gasteiger partial charge in [-0.2, -0.15) is 0 Å². The van der Waals surface area contributed by atoms with Crippen LogP contribution in [0.1, 0.15) is 89.8 Å². The number of ether oxygens (including phenoxy) is 2. The highest BCUT2D eigenvalue weighted by molar-refractivity contribution is 8.14. The van der Waals surface area contributed by atoms with Crippen molar-refractivity contribution in [3.63, 3.8) is 0 Å². The number of carbonyl (C=O) groups excluding carboxylic acids is 3. The van der Waals surface area contributed by atoms with Crippen LogP contribution in [0.15, 0.2) is 53.5 Å². The zero-order valence-corrected chi connectivity index (χ0v) is 38.8. The molecule has 8 rings (SSSR count). The van der Waals surface area contributed by atoms with Crippen molar-refractivity contribution in [1.29, 1.82) is 0 Å². The molecule has 0 spiro atoms. The van der Waals surface area contributed by atoms with Crippen molar-refractivity contribution in [2.45, 2.75) is 120 Å². The van der Waals surface area contributed by atoms with Gasteiger partial charge in [-0.3, -0.25) is 24.1 Å². The SMILES string of the molecule is COc1ccc2c(O[C@@H]3C[C@H]4C(=O)N[C@]5(C(=O)NS(=O)(=O)C6(C)CC6)C[C@H]5/C=C\CCCCC[C@H](Nc5cc(Cl)cc(Cl)c5)C(=O)N4C3)cc(C3=NC(C(C)C)CS3)nc2c1C. The lowest BCUT2D eigenvalue weighted by atomic mass is 10.0. The molecule has 0 radical (unpaired) electrons. The number of hydrogen-bond donors (Lipinski definition) is 3. The van der Waals surface area contributed by atoms with Gasteiger partial charge in [0.25, 0.3) is 5.91 Å². The second-order valence-corrected chi connectivity index (χ2v) is 22.0. The van der Waals surface area contributed by atoms with E-state index in [1.165, 1.54) is 4.90 Å². The molecule has 2 aliphatic carbocycles. The number of aliphatic imine (C=N–C) groups is 1. The minimum Gasteiger partial charge on any atom is -0.496 e. The van der Waals surface area contributed by atoms with Crippen LogP contribution in [-0.2, 0) is 24.4 Å². The first-order chi connectivity index (χ1) is 29.5. The molecule has 1 aromatic heterocycles. The van der Waals surface area contributed by atoms with E-state index in [4.69, 9.17) is 42.7 Å². The summed E-state index contributed by atoms with van der Waals surface area (Å²) in [7, 11) is -2.38. The summed E-state index contributed by atoms with van der Waals surface area (Å²) in [5.41, 5.74) is 1.24. The van der Waals surface area contributed by atoms with Gasteiger partial charge in [-0.05, 0) is 88.6 Å². The maximum absolute atomic E-state index is 15.0. The highest BCUT2D eigenvalue weighted by Gasteiger charge is 2.63. The van der Waals surface area contributed by atoms with Crippen LogP contribution in [0.5, 0.6) is 11.5 Å². The third-order valence-corrected chi connectivity index (χ3v) is 16.7. The van der Waals surface area contributed by atoms with Crippen LogP contribution < -0.4 is 24.8 Å². The molecular formula is C45H54Cl2N6O7S2. The van der Waals surface area contributed by atoms with Crippen LogP contribution in [0.4, 0.5) is 5.69 Å². The number of sulfonamides is 1. The number of fused-ring (bicyclic) bond motifs is 3. The van der Waals surface area contributed by atoms with Gasteiger partial charge < -0.3 is 25.0 Å². The Balaban J connectivity index is 1.15. The Kier molecular flexibility index (Phi) is 12.6. The molecule has 1 saturated heterocycles. The largest absolute Gasteiger partial charge is 0.496 e. The van der Waals surface area contributed by atoms with Crippen molar-refractivity contribution >= 4 is 84.3 Å². The molecule has 3 amide bonds. The maximum Gasteiger partial charge on any atom is 0.259 e. The van der Waals surface area contributed by atoms with E-state index in [9.17, 15) is 22.8 Å². The van der Waals surface area contributed by atoms with E-state index < -0.39 is 56.2 Å². The first-order valence-corrected chi connectivity index (χ1v) is 24.7. The number of aromatic nitrogens is 1. The zero-order valence-electron chi connectivity index (χ0n) is 35.6. The number of thioether (sulfide) groups is 1. The van der Waals surface area contributed by atoms with Gasteiger partial charge in [0.1, 0.15) is 40.3 Å². The van der Waals surface area contributed by atoms with E-state index in [1.54, 1.807) is 44.0 Å². The van der Waals surface area contributed by atoms with Gasteiger partial charge in [0, 0.05) is 50.8 Å². The molecule has 17 heteroatoms. The van der Waals surface area contributed by atoms with Crippen molar-refractivity contribution in [1.82, 2.24) is 19.9 Å². The topological polar surface area (TPSA) is 168 Å². The number of halogens is 2. The summed E-state index contributed by atoms with van der Waals surface area (Å²) >= 11 is 14.4. The predicted molar refractivity (Wildman–Crippen MR) is 245 cm³/mol. The summed E-state index contributed by atoms with van der Waals surface area (Å²) < 4.78 is 40.5. The Bertz CT molecular complexity index is 2440. The second kappa shape index (κ2) is 17.5. The Morgan fingerprint density at radius 3 is 2.52 bits per heavy atom. The molecule has 3 N–H and O–H groups in total. The fourth-order valence-corrected chi connectivity index (χ4v) is 11.7. The van der Waals surface area contributed by atoms with E-state index in [2.05, 4.69) is 29.2 Å². The molecule has 332 valence electrons. The van der Waals surface area contributed by atoms with Gasteiger partial charge in [-0.1, -0.05) is 62.0 Å². The zero-order chi connectivity index (χ0) is 44.1. The monoisotopic (exact) mass is 924 g/mol. The van der Waals surface area contributed by atoms with Gasteiger partial charge in [-0.25, -0.2) is 13.4 Å². The second-order valence-electron chi connectivity index (χ2n) is 17.9. The lowest BCUT2D eigenvalue weighted by Crippen LogP contribution is -2.58. The van der Waals surface area contributed by atoms with Crippen LogP contribution in [-0.4, -0.2) is 95.0 Å². The average molecular weight is 926 g/mol. The van der Waals surface area contributed by atoms with Gasteiger partial charge in [0.2, 0.25) is 21.8 Å². The van der Waals surface area contributed by atoms with Crippen LogP contribution in [0.3, 0.4) is 0 Å². The highest BCUT2D eigenvalue weighted by atomic mass is 35.5. The summed E-state index contributed by atoms with van der Waals surface area (Å²) in [6.07, 6.45) is 8.03. The number of benzene rings is 2. The molecule has 3 aliphatic heterocycles. The number of anilines is 1. The minimum absolute atomic E-state index is 0.0556. The van der Waals surface area contributed by atoms with Crippen molar-refractivity contribution in [3.8, 4) is 11.5 Å². The summed E-state index contributed by atoms with van der Waals surface area (Å²) in [5.74, 6) is 0.313. The lowest BCUT2D eigenvalue weighted by molar-refractivity contribution is -0.140. The highest BCUT2D eigenvalue weighted by Crippen LogP contribution is 2.48. The molecule has 13 nitrogen and oxygen atoms in total. The van der Waals surface area contributed by atoms with E-state index in [-0.39, 0.29) is 31.3 Å². The fraction of sp³-hybridized carbons (Fsp3) is 0.533. The van der Waals surface area contributed by atoms with E-state index in [1.807, 2.05) is 37.3 Å². The third kappa shape index (κ3) is 9.01. The Labute approximate surface area is 377 Å². The minimum atomic E-state index is -4.00. The number of nitrogens with zero attached hydrogens (tertiary/aromatic N) is 3. The standard InChI is InChI=1S/C45H54Cl2N6O7S2/c1-25(2)35-24-61-41(50-35)34-21-38(32-13-14-37(59-5)26(3)39(32)49-34)60-31-20-36-40(54)51-45(43(56)52-62(57,58)44(4)15-16-44)22-27(45)11-9-7-6-8-10-12-33(42(55)53(36)23-31)48-30-18-28(46)17-29(47)19-30/h9,11,13-14,17-19,21,25,27,31,33,35-36,48H,6-8,10,12,15-16,20,22-24H2,1-5H3,(H,51,54)(H,52,56)/b11-9-/t27-,31-,33+,35?,36+,45-/m1/s1. The summed E-state index contributed by atoms with van der Waals surface area (Å²) in [6.45, 7) is 7.91. The molecule has 2 aromatic carbocycles. The quantitative estimate of drug-likeness (QED) is 0.172. The Hall–Kier alpha value is -4.05. The molecule has 2 saturated carbocycles. The van der Waals surface area contributed by atoms with Gasteiger partial charge in [-0.15, -0.1) is 11.8 Å². The predicted octanol–water partition coefficient (Wildman–Crippen LogP) is 7.60. The molecule has 3 fully saturated rings. The molecule has 3 aromatic rings. The van der Waals surface area contributed by atoms with E-state index in [0.717, 1.165) is 47.4 Å². The normalized spacial score (nSPS) is 27.9. The van der Waals surface area contributed by atoms with Crippen LogP contribution in [0.2, 0.25) is 10.0 Å². The summed E-state index contributed by atoms with van der Waals surface area (Å²) in [5, 5.41) is 8.71. The van der Waals surface area contributed by atoms with Crippen LogP contribution >= 0.6 is 35.0 Å². The average Bonchev–Trinajstić information content (AvgIpc) is 3.99. The Morgan fingerprint density at radius 1 is 1.06 bits per heavy atom. The lowest BCUT2D eigenvalue weighted by Gasteiger charge is -2.30. The van der Waals surface area contributed by atoms with Crippen molar-refractivity contribution in [2.75, 3.05) is 24.7 Å². The summed E-state index contributed by atoms with van der Waals surface area (Å²) in [6, 6.07) is 8.99. The number of aryl methyl sites for hydroxylation is 1. The summed E-state index contributed by atoms with van der Waals surface area (Å²) in [4.78, 5) is 55.4. The number of rotatable bonds is 10. The Morgan fingerprint density at radius 2 is 1.82 bits per heavy atom. The van der Waals surface area contributed by atoms with E-state index in [0.29, 0.717) is 63.6 Å². The van der Waals surface area contributed by atoms with Crippen molar-refractivity contribution in [3.05, 3.63) is 69.9 Å². The van der Waals surface area contributed by atoms with Crippen molar-refractivity contribution in [2.24, 2.45) is 16.8 Å². The number of pyridine rings is 1. The van der Waals surface area contributed by atoms with Gasteiger partial charge in [0.15, 0.2) is 0 Å². The molecule has 4 heterocycles. The molecule has 5 aliphatic rings. The maximum atomic E-state index is 15.0. The van der Waals surface area contributed by atoms with Gasteiger partial charge >= 0.3 is 0 Å². The van der Waals surface area contributed by atoms with Crippen molar-refractivity contribution < 1.29 is 32.3 Å². The molecular weight excluding hydrogens is 872 g/mol. The number of amides is 3. The van der Waals surface area contributed by atoms with Gasteiger partial charge in [0.05, 0.1) is 35.7 Å². The first kappa shape index (κ1) is 44.6. The number of carbonyl (C=O) groups is 3. The number of methoxy groups -OCH3 is 1. The van der Waals surface area contributed by atoms with E-state index >= 15 is 0 Å². The molecule has 6 atom stereocenters. The number of allylic oxidation sites excluding steroid dienone is 1. The molecule has 1 unspecified atom stereocenters. The van der Waals surface area contributed by atoms with Crippen LogP contribution in [0.25, 0.3) is 10.9 Å². The number of nitrogens with one attached hydrogen (secondary N) is 3.